The second-order valence-electron chi connectivity index (χ2n) is 5.82. The number of carboxylic acids is 1. The van der Waals surface area contributed by atoms with Gasteiger partial charge in [-0.05, 0) is 44.1 Å². The van der Waals surface area contributed by atoms with Gasteiger partial charge in [0.25, 0.3) is 0 Å². The van der Waals surface area contributed by atoms with Gasteiger partial charge < -0.3 is 5.11 Å². The molecule has 3 nitrogen and oxygen atoms in total. The van der Waals surface area contributed by atoms with Gasteiger partial charge in [0.05, 0.1) is 5.92 Å². The molecule has 2 fully saturated rings. The normalized spacial score (nSPS) is 41.1. The minimum Gasteiger partial charge on any atom is -0.481 e. The minimum absolute atomic E-state index is 0.124. The average molecular weight is 225 g/mol. The predicted octanol–water partition coefficient (Wildman–Crippen LogP) is 2.22. The van der Waals surface area contributed by atoms with Crippen molar-refractivity contribution in [3.05, 3.63) is 0 Å². The van der Waals surface area contributed by atoms with E-state index in [-0.39, 0.29) is 5.92 Å². The monoisotopic (exact) mass is 225 g/mol. The van der Waals surface area contributed by atoms with E-state index in [4.69, 9.17) is 0 Å². The minimum atomic E-state index is -0.587. The second-order valence-corrected chi connectivity index (χ2v) is 5.82. The van der Waals surface area contributed by atoms with Crippen LogP contribution in [0.4, 0.5) is 0 Å². The lowest BCUT2D eigenvalue weighted by molar-refractivity contribution is -0.146. The van der Waals surface area contributed by atoms with Crippen molar-refractivity contribution >= 4 is 5.97 Å². The van der Waals surface area contributed by atoms with Gasteiger partial charge in [0, 0.05) is 12.6 Å². The number of carbonyl (C=O) groups is 1. The molecule has 0 spiro atoms. The first-order valence-electron chi connectivity index (χ1n) is 6.54. The molecule has 1 heterocycles. The van der Waals surface area contributed by atoms with Crippen LogP contribution in [0.5, 0.6) is 0 Å². The number of likely N-dealkylation sites (tertiary alicyclic amines) is 1. The summed E-state index contributed by atoms with van der Waals surface area (Å²) in [5, 5.41) is 9.29. The molecule has 1 N–H and O–H groups in total. The summed E-state index contributed by atoms with van der Waals surface area (Å²) in [5.41, 5.74) is 0. The Balaban J connectivity index is 2.05. The van der Waals surface area contributed by atoms with Crippen LogP contribution >= 0.6 is 0 Å². The van der Waals surface area contributed by atoms with E-state index in [1.54, 1.807) is 0 Å². The van der Waals surface area contributed by atoms with Gasteiger partial charge in [-0.15, -0.1) is 0 Å². The van der Waals surface area contributed by atoms with E-state index in [0.717, 1.165) is 38.3 Å². The van der Waals surface area contributed by atoms with Crippen molar-refractivity contribution in [3.63, 3.8) is 0 Å². The molecule has 4 atom stereocenters. The van der Waals surface area contributed by atoms with E-state index in [2.05, 4.69) is 18.7 Å². The van der Waals surface area contributed by atoms with E-state index < -0.39 is 5.97 Å². The van der Waals surface area contributed by atoms with Gasteiger partial charge in [-0.25, -0.2) is 0 Å². The highest BCUT2D eigenvalue weighted by Crippen LogP contribution is 2.34. The largest absolute Gasteiger partial charge is 0.481 e. The lowest BCUT2D eigenvalue weighted by Crippen LogP contribution is -2.45. The predicted molar refractivity (Wildman–Crippen MR) is 63.3 cm³/mol. The molecule has 0 aromatic rings. The maximum atomic E-state index is 11.3. The van der Waals surface area contributed by atoms with Crippen LogP contribution in [-0.2, 0) is 4.79 Å². The first kappa shape index (κ1) is 11.9. The third kappa shape index (κ3) is 2.40. The fourth-order valence-electron chi connectivity index (χ4n) is 3.31. The Hall–Kier alpha value is -0.570. The Kier molecular flexibility index (Phi) is 3.53. The summed E-state index contributed by atoms with van der Waals surface area (Å²) in [4.78, 5) is 13.7. The summed E-state index contributed by atoms with van der Waals surface area (Å²) < 4.78 is 0. The number of aliphatic carboxylic acids is 1. The van der Waals surface area contributed by atoms with Crippen LogP contribution in [0.3, 0.4) is 0 Å². The van der Waals surface area contributed by atoms with Crippen molar-refractivity contribution in [1.82, 2.24) is 4.90 Å². The molecule has 0 aromatic heterocycles. The fourth-order valence-corrected chi connectivity index (χ4v) is 3.31. The Morgan fingerprint density at radius 3 is 2.50 bits per heavy atom. The van der Waals surface area contributed by atoms with Crippen LogP contribution in [0, 0.1) is 17.8 Å². The summed E-state index contributed by atoms with van der Waals surface area (Å²) >= 11 is 0. The van der Waals surface area contributed by atoms with Crippen LogP contribution in [0.2, 0.25) is 0 Å². The topological polar surface area (TPSA) is 40.5 Å². The molecular formula is C13H23NO2. The third-order valence-corrected chi connectivity index (χ3v) is 4.32. The average Bonchev–Trinajstić information content (AvgIpc) is 2.64. The number of rotatable bonds is 2. The fraction of sp³-hybridized carbons (Fsp3) is 0.923. The zero-order valence-electron chi connectivity index (χ0n) is 10.4. The van der Waals surface area contributed by atoms with Gasteiger partial charge in [0.2, 0.25) is 0 Å². The van der Waals surface area contributed by atoms with E-state index in [1.165, 1.54) is 6.42 Å². The van der Waals surface area contributed by atoms with E-state index >= 15 is 0 Å². The van der Waals surface area contributed by atoms with Gasteiger partial charge in [-0.2, -0.15) is 0 Å². The lowest BCUT2D eigenvalue weighted by atomic mass is 9.78. The number of nitrogens with zero attached hydrogens (tertiary/aromatic N) is 1. The van der Waals surface area contributed by atoms with Gasteiger partial charge in [-0.1, -0.05) is 13.8 Å². The highest BCUT2D eigenvalue weighted by atomic mass is 16.4. The second kappa shape index (κ2) is 4.74. The smallest absolute Gasteiger partial charge is 0.308 e. The summed E-state index contributed by atoms with van der Waals surface area (Å²) in [6, 6.07) is 0.297. The zero-order valence-corrected chi connectivity index (χ0v) is 10.4. The summed E-state index contributed by atoms with van der Waals surface area (Å²) in [7, 11) is 0. The van der Waals surface area contributed by atoms with Crippen molar-refractivity contribution < 1.29 is 9.90 Å². The molecule has 1 saturated carbocycles. The highest BCUT2D eigenvalue weighted by Gasteiger charge is 2.38. The van der Waals surface area contributed by atoms with Crippen LogP contribution in [0.1, 0.15) is 39.5 Å². The molecule has 0 amide bonds. The molecule has 3 heteroatoms. The molecule has 0 radical (unpaired) electrons. The maximum absolute atomic E-state index is 11.3. The number of hydrogen-bond acceptors (Lipinski definition) is 2. The SMILES string of the molecule is CC1CCC(C(=O)O)C(N2CCC(C)C2)C1. The van der Waals surface area contributed by atoms with E-state index in [0.29, 0.717) is 12.0 Å². The Labute approximate surface area is 97.8 Å². The Bertz CT molecular complexity index is 267. The summed E-state index contributed by atoms with van der Waals surface area (Å²) in [6.45, 7) is 6.72. The molecule has 1 aliphatic carbocycles. The van der Waals surface area contributed by atoms with Crippen molar-refractivity contribution in [2.45, 2.75) is 45.6 Å². The first-order valence-corrected chi connectivity index (χ1v) is 6.54. The molecule has 2 rings (SSSR count). The molecule has 16 heavy (non-hydrogen) atoms. The van der Waals surface area contributed by atoms with Gasteiger partial charge in [-0.3, -0.25) is 9.69 Å². The van der Waals surface area contributed by atoms with Crippen LogP contribution in [0.15, 0.2) is 0 Å². The van der Waals surface area contributed by atoms with Gasteiger partial charge in [0.1, 0.15) is 0 Å². The zero-order chi connectivity index (χ0) is 11.7. The standard InChI is InChI=1S/C13H23NO2/c1-9-3-4-11(13(15)16)12(7-9)14-6-5-10(2)8-14/h9-12H,3-8H2,1-2H3,(H,15,16). The van der Waals surface area contributed by atoms with Crippen molar-refractivity contribution in [1.29, 1.82) is 0 Å². The number of hydrogen-bond donors (Lipinski definition) is 1. The molecule has 0 bridgehead atoms. The maximum Gasteiger partial charge on any atom is 0.308 e. The lowest BCUT2D eigenvalue weighted by Gasteiger charge is -2.38. The third-order valence-electron chi connectivity index (χ3n) is 4.32. The van der Waals surface area contributed by atoms with Crippen molar-refractivity contribution in [2.24, 2.45) is 17.8 Å². The Morgan fingerprint density at radius 1 is 1.19 bits per heavy atom. The van der Waals surface area contributed by atoms with E-state index in [9.17, 15) is 9.90 Å². The quantitative estimate of drug-likeness (QED) is 0.783. The molecule has 1 saturated heterocycles. The van der Waals surface area contributed by atoms with Crippen LogP contribution < -0.4 is 0 Å². The van der Waals surface area contributed by atoms with Gasteiger partial charge in [0.15, 0.2) is 0 Å². The van der Waals surface area contributed by atoms with Crippen molar-refractivity contribution in [3.8, 4) is 0 Å². The summed E-state index contributed by atoms with van der Waals surface area (Å²) in [5.74, 6) is 0.723. The molecular weight excluding hydrogens is 202 g/mol. The number of carboxylic acid groups (broad SMARTS) is 1. The molecule has 1 aliphatic heterocycles. The van der Waals surface area contributed by atoms with Crippen LogP contribution in [-0.4, -0.2) is 35.1 Å². The van der Waals surface area contributed by atoms with E-state index in [1.807, 2.05) is 0 Å². The molecule has 4 unspecified atom stereocenters. The molecule has 2 aliphatic rings. The van der Waals surface area contributed by atoms with Crippen molar-refractivity contribution in [2.75, 3.05) is 13.1 Å². The highest BCUT2D eigenvalue weighted by molar-refractivity contribution is 5.71. The first-order chi connectivity index (χ1) is 7.58. The Morgan fingerprint density at radius 2 is 1.94 bits per heavy atom. The van der Waals surface area contributed by atoms with Crippen LogP contribution in [0.25, 0.3) is 0 Å². The molecule has 0 aromatic carbocycles. The molecule has 92 valence electrons. The van der Waals surface area contributed by atoms with Gasteiger partial charge >= 0.3 is 5.97 Å². The summed E-state index contributed by atoms with van der Waals surface area (Å²) in [6.07, 6.45) is 4.25.